The molecule has 0 radical (unpaired) electrons. The predicted octanol–water partition coefficient (Wildman–Crippen LogP) is 1.67. The molecule has 0 bridgehead atoms. The molecule has 4 heteroatoms. The molecule has 0 unspecified atom stereocenters. The van der Waals surface area contributed by atoms with Crippen LogP contribution in [0.3, 0.4) is 0 Å². The summed E-state index contributed by atoms with van der Waals surface area (Å²) in [4.78, 5) is 10.8. The van der Waals surface area contributed by atoms with Crippen molar-refractivity contribution in [1.29, 1.82) is 0 Å². The van der Waals surface area contributed by atoms with E-state index in [0.717, 1.165) is 11.3 Å². The largest absolute Gasteiger partial charge is 0.388 e. The number of nitrogens with one attached hydrogen (secondary N) is 2. The number of allylic oxidation sites excluding steroid dienone is 5. The summed E-state index contributed by atoms with van der Waals surface area (Å²) in [5, 5.41) is 11.3. The number of hydroxylamine groups is 1. The van der Waals surface area contributed by atoms with Crippen LogP contribution in [0.5, 0.6) is 0 Å². The molecule has 0 aliphatic carbocycles. The zero-order valence-electron chi connectivity index (χ0n) is 9.49. The molecule has 16 heavy (non-hydrogen) atoms. The van der Waals surface area contributed by atoms with E-state index in [2.05, 4.69) is 18.5 Å². The van der Waals surface area contributed by atoms with Crippen molar-refractivity contribution in [1.82, 2.24) is 10.8 Å². The highest BCUT2D eigenvalue weighted by Crippen LogP contribution is 2.07. The predicted molar refractivity (Wildman–Crippen MR) is 64.8 cm³/mol. The molecule has 88 valence electrons. The lowest BCUT2D eigenvalue weighted by Crippen LogP contribution is -2.17. The van der Waals surface area contributed by atoms with E-state index < -0.39 is 5.91 Å². The molecule has 3 N–H and O–H groups in total. The van der Waals surface area contributed by atoms with E-state index in [1.54, 1.807) is 24.7 Å². The van der Waals surface area contributed by atoms with Crippen molar-refractivity contribution in [3.8, 4) is 0 Å². The van der Waals surface area contributed by atoms with Gasteiger partial charge >= 0.3 is 0 Å². The maximum Gasteiger partial charge on any atom is 0.243 e. The molecule has 0 rings (SSSR count). The molecule has 0 saturated carbocycles. The first-order valence-electron chi connectivity index (χ1n) is 4.94. The Kier molecular flexibility index (Phi) is 7.53. The van der Waals surface area contributed by atoms with Crippen LogP contribution in [-0.4, -0.2) is 18.2 Å². The topological polar surface area (TPSA) is 61.4 Å². The number of hydrogen-bond acceptors (Lipinski definition) is 3. The van der Waals surface area contributed by atoms with E-state index in [1.807, 2.05) is 12.2 Å². The number of carbonyl (C=O) groups excluding carboxylic acids is 1. The van der Waals surface area contributed by atoms with E-state index in [4.69, 9.17) is 5.21 Å². The Bertz CT molecular complexity index is 317. The van der Waals surface area contributed by atoms with Crippen molar-refractivity contribution in [2.45, 2.75) is 12.8 Å². The molecule has 4 nitrogen and oxygen atoms in total. The molecule has 0 saturated heterocycles. The molecule has 0 atom stereocenters. The summed E-state index contributed by atoms with van der Waals surface area (Å²) in [6, 6.07) is 0. The highest BCUT2D eigenvalue weighted by atomic mass is 16.5. The summed E-state index contributed by atoms with van der Waals surface area (Å²) in [6.45, 7) is 7.30. The third-order valence-corrected chi connectivity index (χ3v) is 2.01. The van der Waals surface area contributed by atoms with E-state index >= 15 is 0 Å². The Balaban J connectivity index is 4.43. The molecular formula is C12H18N2O2. The standard InChI is InChI=1S/C12H18N2O2/c1-4-10(7-9-12(15)14-16)6-8-11(5-2)13-3/h4-6,8,13,16H,1-2,7,9H2,3H3,(H,14,15)/b10-6+,11-8+. The fourth-order valence-electron chi connectivity index (χ4n) is 1.02. The minimum absolute atomic E-state index is 0.227. The fourth-order valence-corrected chi connectivity index (χ4v) is 1.02. The van der Waals surface area contributed by atoms with Crippen LogP contribution in [0.2, 0.25) is 0 Å². The average molecular weight is 222 g/mol. The van der Waals surface area contributed by atoms with Gasteiger partial charge in [-0.25, -0.2) is 5.48 Å². The molecule has 1 amide bonds. The van der Waals surface area contributed by atoms with E-state index in [9.17, 15) is 4.79 Å². The van der Waals surface area contributed by atoms with Gasteiger partial charge in [0.1, 0.15) is 0 Å². The van der Waals surface area contributed by atoms with Gasteiger partial charge in [-0.2, -0.15) is 0 Å². The highest BCUT2D eigenvalue weighted by molar-refractivity contribution is 5.74. The zero-order valence-corrected chi connectivity index (χ0v) is 9.49. The van der Waals surface area contributed by atoms with Gasteiger partial charge in [0.15, 0.2) is 0 Å². The highest BCUT2D eigenvalue weighted by Gasteiger charge is 1.99. The first-order chi connectivity index (χ1) is 7.67. The minimum Gasteiger partial charge on any atom is -0.388 e. The molecule has 0 aliphatic rings. The smallest absolute Gasteiger partial charge is 0.243 e. The summed E-state index contributed by atoms with van der Waals surface area (Å²) in [6.07, 6.45) is 7.83. The maximum absolute atomic E-state index is 10.8. The normalized spacial score (nSPS) is 11.9. The lowest BCUT2D eigenvalue weighted by molar-refractivity contribution is -0.129. The van der Waals surface area contributed by atoms with Crippen LogP contribution in [0, 0.1) is 0 Å². The second-order valence-electron chi connectivity index (χ2n) is 3.06. The second-order valence-corrected chi connectivity index (χ2v) is 3.06. The van der Waals surface area contributed by atoms with Crippen molar-refractivity contribution in [3.05, 3.63) is 48.7 Å². The summed E-state index contributed by atoms with van der Waals surface area (Å²) < 4.78 is 0. The summed E-state index contributed by atoms with van der Waals surface area (Å²) in [5.74, 6) is -0.408. The van der Waals surface area contributed by atoms with Crippen LogP contribution >= 0.6 is 0 Å². The van der Waals surface area contributed by atoms with Crippen LogP contribution in [0.15, 0.2) is 48.7 Å². The van der Waals surface area contributed by atoms with Gasteiger partial charge < -0.3 is 5.32 Å². The van der Waals surface area contributed by atoms with Crippen molar-refractivity contribution in [2.75, 3.05) is 7.05 Å². The zero-order chi connectivity index (χ0) is 12.4. The van der Waals surface area contributed by atoms with Gasteiger partial charge in [-0.15, -0.1) is 0 Å². The maximum atomic E-state index is 10.8. The van der Waals surface area contributed by atoms with Crippen LogP contribution < -0.4 is 10.8 Å². The van der Waals surface area contributed by atoms with Gasteiger partial charge in [-0.3, -0.25) is 10.0 Å². The van der Waals surface area contributed by atoms with Crippen LogP contribution in [0.1, 0.15) is 12.8 Å². The number of likely N-dealkylation sites (N-methyl/N-ethyl adjacent to an activating group) is 1. The van der Waals surface area contributed by atoms with Crippen molar-refractivity contribution in [2.24, 2.45) is 0 Å². The molecule has 0 aromatic rings. The molecule has 0 aromatic carbocycles. The van der Waals surface area contributed by atoms with Gasteiger partial charge in [0.2, 0.25) is 5.91 Å². The quantitative estimate of drug-likeness (QED) is 0.349. The molecule has 0 aromatic heterocycles. The number of carbonyl (C=O) groups is 1. The van der Waals surface area contributed by atoms with E-state index in [-0.39, 0.29) is 6.42 Å². The van der Waals surface area contributed by atoms with Crippen molar-refractivity contribution >= 4 is 5.91 Å². The number of rotatable bonds is 7. The fraction of sp³-hybridized carbons (Fsp3) is 0.250. The SMILES string of the molecule is C=C/C(=C\C=C(/C=C)NC)CCC(=O)NO. The Labute approximate surface area is 96.0 Å². The number of hydrogen-bond donors (Lipinski definition) is 3. The van der Waals surface area contributed by atoms with Crippen LogP contribution in [-0.2, 0) is 4.79 Å². The molecule has 0 aliphatic heterocycles. The lowest BCUT2D eigenvalue weighted by Gasteiger charge is -2.01. The first kappa shape index (κ1) is 14.2. The van der Waals surface area contributed by atoms with Gasteiger partial charge in [0.05, 0.1) is 0 Å². The Morgan fingerprint density at radius 1 is 1.25 bits per heavy atom. The Morgan fingerprint density at radius 2 is 1.94 bits per heavy atom. The van der Waals surface area contributed by atoms with Crippen LogP contribution in [0.4, 0.5) is 0 Å². The van der Waals surface area contributed by atoms with Gasteiger partial charge in [-0.1, -0.05) is 25.3 Å². The molecule has 0 fully saturated rings. The molecule has 0 spiro atoms. The van der Waals surface area contributed by atoms with Gasteiger partial charge in [-0.05, 0) is 24.1 Å². The van der Waals surface area contributed by atoms with E-state index in [0.29, 0.717) is 6.42 Å². The lowest BCUT2D eigenvalue weighted by atomic mass is 10.1. The van der Waals surface area contributed by atoms with Crippen molar-refractivity contribution in [3.63, 3.8) is 0 Å². The first-order valence-corrected chi connectivity index (χ1v) is 4.94. The summed E-state index contributed by atoms with van der Waals surface area (Å²) >= 11 is 0. The Hall–Kier alpha value is -1.81. The van der Waals surface area contributed by atoms with Gasteiger partial charge in [0, 0.05) is 19.2 Å². The van der Waals surface area contributed by atoms with Gasteiger partial charge in [0.25, 0.3) is 0 Å². The Morgan fingerprint density at radius 3 is 2.38 bits per heavy atom. The molecular weight excluding hydrogens is 204 g/mol. The molecule has 0 heterocycles. The van der Waals surface area contributed by atoms with Crippen LogP contribution in [0.25, 0.3) is 0 Å². The summed E-state index contributed by atoms with van der Waals surface area (Å²) in [7, 11) is 1.80. The monoisotopic (exact) mass is 222 g/mol. The third kappa shape index (κ3) is 5.82. The minimum atomic E-state index is -0.408. The third-order valence-electron chi connectivity index (χ3n) is 2.01. The van der Waals surface area contributed by atoms with Crippen molar-refractivity contribution < 1.29 is 10.0 Å². The van der Waals surface area contributed by atoms with E-state index in [1.165, 1.54) is 0 Å². The number of amides is 1. The summed E-state index contributed by atoms with van der Waals surface area (Å²) in [5.41, 5.74) is 3.38. The second kappa shape index (κ2) is 8.49. The average Bonchev–Trinajstić information content (AvgIpc) is 2.33.